The van der Waals surface area contributed by atoms with Crippen molar-refractivity contribution < 1.29 is 13.9 Å². The maximum absolute atomic E-state index is 12.9. The molecule has 24 heavy (non-hydrogen) atoms. The monoisotopic (exact) mass is 336 g/mol. The van der Waals surface area contributed by atoms with Crippen molar-refractivity contribution in [2.24, 2.45) is 5.41 Å². The number of carbonyl (C=O) groups excluding carboxylic acids is 1. The number of nitrogens with zero attached hydrogens (tertiary/aromatic N) is 2. The van der Waals surface area contributed by atoms with E-state index >= 15 is 0 Å². The van der Waals surface area contributed by atoms with Crippen molar-refractivity contribution in [3.05, 3.63) is 35.6 Å². The van der Waals surface area contributed by atoms with Crippen molar-refractivity contribution in [1.29, 1.82) is 0 Å². The van der Waals surface area contributed by atoms with E-state index in [1.165, 1.54) is 12.1 Å². The molecule has 1 aromatic carbocycles. The van der Waals surface area contributed by atoms with Crippen molar-refractivity contribution in [3.8, 4) is 0 Å². The summed E-state index contributed by atoms with van der Waals surface area (Å²) in [6, 6.07) is 6.65. The van der Waals surface area contributed by atoms with E-state index in [0.29, 0.717) is 0 Å². The lowest BCUT2D eigenvalue weighted by atomic mass is 9.73. The fraction of sp³-hybridized carbons (Fsp3) is 0.632. The lowest BCUT2D eigenvalue weighted by Crippen LogP contribution is -2.72. The zero-order chi connectivity index (χ0) is 18.0. The molecule has 0 unspecified atom stereocenters. The van der Waals surface area contributed by atoms with Gasteiger partial charge in [0.05, 0.1) is 0 Å². The third-order valence-electron chi connectivity index (χ3n) is 4.14. The van der Waals surface area contributed by atoms with Crippen LogP contribution in [0.15, 0.2) is 24.3 Å². The first-order valence-corrected chi connectivity index (χ1v) is 8.70. The van der Waals surface area contributed by atoms with Gasteiger partial charge in [-0.25, -0.2) is 9.18 Å². The van der Waals surface area contributed by atoms with Crippen molar-refractivity contribution in [2.45, 2.75) is 46.8 Å². The van der Waals surface area contributed by atoms with Crippen LogP contribution in [0.2, 0.25) is 0 Å². The molecule has 2 heterocycles. The number of rotatable bonds is 2. The van der Waals surface area contributed by atoms with Crippen LogP contribution in [0, 0.1) is 11.2 Å². The Morgan fingerprint density at radius 3 is 2.17 bits per heavy atom. The predicted molar refractivity (Wildman–Crippen MR) is 93.3 cm³/mol. The largest absolute Gasteiger partial charge is 0.444 e. The smallest absolute Gasteiger partial charge is 0.410 e. The zero-order valence-electron chi connectivity index (χ0n) is 15.4. The number of benzene rings is 1. The van der Waals surface area contributed by atoms with E-state index in [0.717, 1.165) is 38.3 Å². The number of likely N-dealkylation sites (tertiary alicyclic amines) is 2. The first kappa shape index (κ1) is 18.7. The fourth-order valence-electron chi connectivity index (χ4n) is 3.28. The minimum Gasteiger partial charge on any atom is -0.444 e. The van der Waals surface area contributed by atoms with Gasteiger partial charge in [0.2, 0.25) is 0 Å². The van der Waals surface area contributed by atoms with Crippen LogP contribution in [-0.4, -0.2) is 47.7 Å². The van der Waals surface area contributed by atoms with Crippen LogP contribution in [0.4, 0.5) is 9.18 Å². The molecule has 1 spiro atoms. The Morgan fingerprint density at radius 2 is 1.67 bits per heavy atom. The summed E-state index contributed by atoms with van der Waals surface area (Å²) >= 11 is 0. The maximum atomic E-state index is 12.9. The van der Waals surface area contributed by atoms with E-state index in [-0.39, 0.29) is 17.3 Å². The van der Waals surface area contributed by atoms with Gasteiger partial charge in [0.15, 0.2) is 0 Å². The second-order valence-electron chi connectivity index (χ2n) is 7.61. The second kappa shape index (κ2) is 7.09. The van der Waals surface area contributed by atoms with Gasteiger partial charge in [-0.2, -0.15) is 0 Å². The molecule has 2 aliphatic heterocycles. The number of halogens is 1. The molecule has 1 amide bonds. The SMILES string of the molecule is CC.CC(C)(C)OC(=O)N1CC2(CN(Cc3ccc(F)cc3)C2)C1. The number of carbonyl (C=O) groups is 1. The number of hydrogen-bond acceptors (Lipinski definition) is 3. The second-order valence-corrected chi connectivity index (χ2v) is 7.61. The standard InChI is InChI=1S/C17H23FN2O2.C2H6/c1-16(2,3)22-15(21)20-11-17(12-20)9-19(10-17)8-13-4-6-14(18)7-5-13;1-2/h4-7H,8-12H2,1-3H3;1-2H3. The molecule has 2 fully saturated rings. The molecule has 3 rings (SSSR count). The summed E-state index contributed by atoms with van der Waals surface area (Å²) in [6.45, 7) is 14.0. The van der Waals surface area contributed by atoms with Gasteiger partial charge < -0.3 is 9.64 Å². The van der Waals surface area contributed by atoms with Crippen molar-refractivity contribution in [3.63, 3.8) is 0 Å². The Bertz CT molecular complexity index is 552. The molecule has 134 valence electrons. The number of ether oxygens (including phenoxy) is 1. The molecule has 2 aliphatic rings. The summed E-state index contributed by atoms with van der Waals surface area (Å²) < 4.78 is 18.3. The molecule has 4 nitrogen and oxygen atoms in total. The Kier molecular flexibility index (Phi) is 5.53. The highest BCUT2D eigenvalue weighted by molar-refractivity contribution is 5.69. The average molecular weight is 336 g/mol. The van der Waals surface area contributed by atoms with Gasteiger partial charge in [-0.05, 0) is 38.5 Å². The van der Waals surface area contributed by atoms with Gasteiger partial charge in [-0.15, -0.1) is 0 Å². The summed E-state index contributed by atoms with van der Waals surface area (Å²) in [5.41, 5.74) is 0.935. The molecule has 0 bridgehead atoms. The summed E-state index contributed by atoms with van der Waals surface area (Å²) in [6.07, 6.45) is -0.213. The van der Waals surface area contributed by atoms with Crippen LogP contribution < -0.4 is 0 Å². The van der Waals surface area contributed by atoms with Gasteiger partial charge in [0, 0.05) is 38.1 Å². The third kappa shape index (κ3) is 4.47. The minimum absolute atomic E-state index is 0.198. The molecule has 5 heteroatoms. The molecule has 1 aromatic rings. The summed E-state index contributed by atoms with van der Waals surface area (Å²) in [5.74, 6) is -0.198. The van der Waals surface area contributed by atoms with E-state index in [1.54, 1.807) is 4.90 Å². The highest BCUT2D eigenvalue weighted by Crippen LogP contribution is 2.40. The van der Waals surface area contributed by atoms with Crippen molar-refractivity contribution in [1.82, 2.24) is 9.80 Å². The lowest BCUT2D eigenvalue weighted by molar-refractivity contribution is -0.115. The van der Waals surface area contributed by atoms with Gasteiger partial charge in [0.1, 0.15) is 11.4 Å². The summed E-state index contributed by atoms with van der Waals surface area (Å²) in [7, 11) is 0. The van der Waals surface area contributed by atoms with Crippen LogP contribution >= 0.6 is 0 Å². The predicted octanol–water partition coefficient (Wildman–Crippen LogP) is 3.90. The third-order valence-corrected chi connectivity index (χ3v) is 4.14. The average Bonchev–Trinajstić information content (AvgIpc) is 2.42. The molecule has 0 aliphatic carbocycles. The summed E-state index contributed by atoms with van der Waals surface area (Å²) in [4.78, 5) is 16.0. The van der Waals surface area contributed by atoms with E-state index in [2.05, 4.69) is 4.90 Å². The Balaban J connectivity index is 0.00000100. The Morgan fingerprint density at radius 1 is 1.12 bits per heavy atom. The quantitative estimate of drug-likeness (QED) is 0.821. The molecular weight excluding hydrogens is 307 g/mol. The van der Waals surface area contributed by atoms with Gasteiger partial charge in [-0.1, -0.05) is 26.0 Å². The van der Waals surface area contributed by atoms with Gasteiger partial charge in [-0.3, -0.25) is 4.90 Å². The maximum Gasteiger partial charge on any atom is 0.410 e. The molecule has 2 saturated heterocycles. The van der Waals surface area contributed by atoms with Crippen LogP contribution in [0.1, 0.15) is 40.2 Å². The highest BCUT2D eigenvalue weighted by Gasteiger charge is 2.53. The topological polar surface area (TPSA) is 32.8 Å². The van der Waals surface area contributed by atoms with Gasteiger partial charge in [0.25, 0.3) is 0 Å². The van der Waals surface area contributed by atoms with E-state index in [9.17, 15) is 9.18 Å². The van der Waals surface area contributed by atoms with Crippen LogP contribution in [0.25, 0.3) is 0 Å². The van der Waals surface area contributed by atoms with E-state index in [4.69, 9.17) is 4.74 Å². The van der Waals surface area contributed by atoms with E-state index < -0.39 is 5.60 Å². The Labute approximate surface area is 144 Å². The molecule has 0 radical (unpaired) electrons. The molecule has 0 saturated carbocycles. The lowest BCUT2D eigenvalue weighted by Gasteiger charge is -2.60. The van der Waals surface area contributed by atoms with Crippen LogP contribution in [0.5, 0.6) is 0 Å². The van der Waals surface area contributed by atoms with Crippen LogP contribution in [-0.2, 0) is 11.3 Å². The fourth-order valence-corrected chi connectivity index (χ4v) is 3.28. The first-order chi connectivity index (χ1) is 11.2. The number of hydrogen-bond donors (Lipinski definition) is 0. The highest BCUT2D eigenvalue weighted by atomic mass is 19.1. The summed E-state index contributed by atoms with van der Waals surface area (Å²) in [5, 5.41) is 0. The van der Waals surface area contributed by atoms with E-state index in [1.807, 2.05) is 46.8 Å². The molecule has 0 aromatic heterocycles. The van der Waals surface area contributed by atoms with Gasteiger partial charge >= 0.3 is 6.09 Å². The first-order valence-electron chi connectivity index (χ1n) is 8.70. The molecule has 0 atom stereocenters. The normalized spacial score (nSPS) is 19.0. The van der Waals surface area contributed by atoms with Crippen LogP contribution in [0.3, 0.4) is 0 Å². The minimum atomic E-state index is -0.436. The van der Waals surface area contributed by atoms with Crippen molar-refractivity contribution in [2.75, 3.05) is 26.2 Å². The number of amides is 1. The van der Waals surface area contributed by atoms with Crippen molar-refractivity contribution >= 4 is 6.09 Å². The molecular formula is C19H29FN2O2. The molecule has 0 N–H and O–H groups in total. The Hall–Kier alpha value is -1.62. The zero-order valence-corrected chi connectivity index (χ0v) is 15.4.